The molecule has 0 saturated heterocycles. The summed E-state index contributed by atoms with van der Waals surface area (Å²) in [5.74, 6) is 0.706. The summed E-state index contributed by atoms with van der Waals surface area (Å²) in [4.78, 5) is 39.7. The molecule has 0 atom stereocenters. The summed E-state index contributed by atoms with van der Waals surface area (Å²) < 4.78 is 53.5. The van der Waals surface area contributed by atoms with Crippen LogP contribution in [-0.4, -0.2) is 43.6 Å². The lowest BCUT2D eigenvalue weighted by Crippen LogP contribution is -2.35. The summed E-state index contributed by atoms with van der Waals surface area (Å²) in [5, 5.41) is 7.59. The van der Waals surface area contributed by atoms with Crippen LogP contribution in [-0.2, 0) is 22.7 Å². The molecule has 4 aromatic rings. The van der Waals surface area contributed by atoms with E-state index in [9.17, 15) is 27.2 Å². The standard InChI is InChI=1S/C34H34F4N6O2/c35-33(36)11-7-22(8-12-33)31(45)41-19-29-39-17-27(43-29)6-2-21-1-3-25-16-26(5-4-24(25)15-21)28-18-40-30(44-28)20-42-32(46)23-9-13-34(37,38)14-10-23/h1,3-5,15-18,22-23H,7-14,19-20H2,(H,39,43)(H,40,44)(H,41,45)(H,42,46). The number of nitrogens with zero attached hydrogens (tertiary/aromatic N) is 2. The molecule has 0 radical (unpaired) electrons. The lowest BCUT2D eigenvalue weighted by Gasteiger charge is -2.27. The number of amides is 2. The highest BCUT2D eigenvalue weighted by atomic mass is 19.3. The number of hydrogen-bond donors (Lipinski definition) is 4. The number of carbonyl (C=O) groups excluding carboxylic acids is 2. The Hall–Kier alpha value is -4.66. The van der Waals surface area contributed by atoms with E-state index in [1.165, 1.54) is 0 Å². The van der Waals surface area contributed by atoms with Crippen molar-refractivity contribution in [3.8, 4) is 23.1 Å². The number of rotatable bonds is 7. The van der Waals surface area contributed by atoms with Gasteiger partial charge >= 0.3 is 0 Å². The number of hydrogen-bond acceptors (Lipinski definition) is 4. The van der Waals surface area contributed by atoms with Crippen molar-refractivity contribution < 1.29 is 27.2 Å². The molecular formula is C34H34F4N6O2. The number of aromatic amines is 2. The maximum Gasteiger partial charge on any atom is 0.248 e. The third kappa shape index (κ3) is 7.76. The summed E-state index contributed by atoms with van der Waals surface area (Å²) in [6.45, 7) is 0.362. The number of nitrogens with one attached hydrogen (secondary N) is 4. The lowest BCUT2D eigenvalue weighted by atomic mass is 9.86. The zero-order valence-electron chi connectivity index (χ0n) is 25.1. The molecule has 2 amide bonds. The van der Waals surface area contributed by atoms with Gasteiger partial charge in [0.25, 0.3) is 0 Å². The molecule has 240 valence electrons. The van der Waals surface area contributed by atoms with Crippen LogP contribution >= 0.6 is 0 Å². The fourth-order valence-corrected chi connectivity index (χ4v) is 5.98. The Morgan fingerprint density at radius 2 is 1.28 bits per heavy atom. The van der Waals surface area contributed by atoms with E-state index in [1.807, 2.05) is 36.4 Å². The molecule has 2 aliphatic rings. The van der Waals surface area contributed by atoms with Crippen LogP contribution in [0.3, 0.4) is 0 Å². The van der Waals surface area contributed by atoms with Gasteiger partial charge in [-0.05, 0) is 60.6 Å². The summed E-state index contributed by atoms with van der Waals surface area (Å²) in [6.07, 6.45) is 3.01. The number of imidazole rings is 2. The fraction of sp³-hybridized carbons (Fsp3) is 0.412. The van der Waals surface area contributed by atoms with E-state index in [0.717, 1.165) is 27.6 Å². The molecule has 4 N–H and O–H groups in total. The van der Waals surface area contributed by atoms with Gasteiger partial charge in [0.05, 0.1) is 31.2 Å². The van der Waals surface area contributed by atoms with Crippen LogP contribution < -0.4 is 10.6 Å². The van der Waals surface area contributed by atoms with Crippen molar-refractivity contribution in [1.82, 2.24) is 30.6 Å². The van der Waals surface area contributed by atoms with Crippen molar-refractivity contribution in [1.29, 1.82) is 0 Å². The number of H-pyrrole nitrogens is 2. The molecule has 46 heavy (non-hydrogen) atoms. The largest absolute Gasteiger partial charge is 0.349 e. The van der Waals surface area contributed by atoms with Crippen LogP contribution in [0.5, 0.6) is 0 Å². The zero-order valence-corrected chi connectivity index (χ0v) is 25.1. The van der Waals surface area contributed by atoms with Crippen LogP contribution in [0.25, 0.3) is 22.0 Å². The van der Waals surface area contributed by atoms with Gasteiger partial charge in [-0.3, -0.25) is 9.59 Å². The molecule has 2 fully saturated rings. The molecule has 8 nitrogen and oxygen atoms in total. The Bertz CT molecular complexity index is 1780. The molecule has 2 aromatic heterocycles. The molecule has 2 saturated carbocycles. The number of fused-ring (bicyclic) bond motifs is 1. The van der Waals surface area contributed by atoms with Crippen LogP contribution in [0.2, 0.25) is 0 Å². The maximum atomic E-state index is 13.4. The number of carbonyl (C=O) groups is 2. The van der Waals surface area contributed by atoms with Crippen molar-refractivity contribution in [2.24, 2.45) is 11.8 Å². The van der Waals surface area contributed by atoms with Gasteiger partial charge in [0, 0.05) is 48.6 Å². The second-order valence-electron chi connectivity index (χ2n) is 12.2. The minimum atomic E-state index is -2.67. The Labute approximate surface area is 263 Å². The van der Waals surface area contributed by atoms with E-state index in [2.05, 4.69) is 42.4 Å². The first kappa shape index (κ1) is 31.3. The van der Waals surface area contributed by atoms with Crippen molar-refractivity contribution in [3.63, 3.8) is 0 Å². The Balaban J connectivity index is 1.02. The molecular weight excluding hydrogens is 600 g/mol. The van der Waals surface area contributed by atoms with Gasteiger partial charge in [0.2, 0.25) is 23.7 Å². The summed E-state index contributed by atoms with van der Waals surface area (Å²) >= 11 is 0. The second-order valence-corrected chi connectivity index (χ2v) is 12.2. The van der Waals surface area contributed by atoms with Gasteiger partial charge in [0.1, 0.15) is 17.3 Å². The quantitative estimate of drug-likeness (QED) is 0.142. The van der Waals surface area contributed by atoms with Gasteiger partial charge in [-0.15, -0.1) is 0 Å². The maximum absolute atomic E-state index is 13.4. The normalized spacial score (nSPS) is 18.1. The van der Waals surface area contributed by atoms with E-state index in [4.69, 9.17) is 0 Å². The van der Waals surface area contributed by atoms with Gasteiger partial charge in [-0.2, -0.15) is 0 Å². The van der Waals surface area contributed by atoms with Crippen molar-refractivity contribution >= 4 is 22.6 Å². The fourth-order valence-electron chi connectivity index (χ4n) is 5.98. The number of alkyl halides is 4. The molecule has 2 aromatic carbocycles. The molecule has 2 aliphatic carbocycles. The van der Waals surface area contributed by atoms with Gasteiger partial charge in [-0.1, -0.05) is 24.1 Å². The lowest BCUT2D eigenvalue weighted by molar-refractivity contribution is -0.130. The Morgan fingerprint density at radius 3 is 1.91 bits per heavy atom. The first-order chi connectivity index (χ1) is 22.0. The van der Waals surface area contributed by atoms with Gasteiger partial charge in [0.15, 0.2) is 0 Å². The molecule has 0 unspecified atom stereocenters. The van der Waals surface area contributed by atoms with Crippen molar-refractivity contribution in [3.05, 3.63) is 71.7 Å². The van der Waals surface area contributed by atoms with Gasteiger partial charge in [-0.25, -0.2) is 27.5 Å². The molecule has 0 spiro atoms. The first-order valence-electron chi connectivity index (χ1n) is 15.5. The minimum Gasteiger partial charge on any atom is -0.349 e. The van der Waals surface area contributed by atoms with Crippen LogP contribution in [0.4, 0.5) is 17.6 Å². The Kier molecular flexibility index (Phi) is 8.84. The Morgan fingerprint density at radius 1 is 0.739 bits per heavy atom. The van der Waals surface area contributed by atoms with Gasteiger partial charge < -0.3 is 20.6 Å². The van der Waals surface area contributed by atoms with E-state index < -0.39 is 23.7 Å². The average Bonchev–Trinajstić information content (AvgIpc) is 3.71. The third-order valence-corrected chi connectivity index (χ3v) is 8.79. The third-order valence-electron chi connectivity index (χ3n) is 8.79. The highest BCUT2D eigenvalue weighted by molar-refractivity contribution is 5.88. The monoisotopic (exact) mass is 634 g/mol. The second kappa shape index (κ2) is 13.0. The first-order valence-corrected chi connectivity index (χ1v) is 15.5. The minimum absolute atomic E-state index is 0.169. The average molecular weight is 635 g/mol. The number of halogens is 4. The SMILES string of the molecule is O=C(NCc1ncc(C#Cc2ccc3cc(-c4cnc(CNC(=O)C5CCC(F)(F)CC5)[nH]4)ccc3c2)[nH]1)C1CCC(F)(F)CC1. The number of benzene rings is 2. The van der Waals surface area contributed by atoms with Crippen molar-refractivity contribution in [2.45, 2.75) is 76.3 Å². The molecule has 12 heteroatoms. The van der Waals surface area contributed by atoms with Crippen LogP contribution in [0.15, 0.2) is 48.8 Å². The highest BCUT2D eigenvalue weighted by Crippen LogP contribution is 2.37. The van der Waals surface area contributed by atoms with E-state index in [0.29, 0.717) is 17.3 Å². The highest BCUT2D eigenvalue weighted by Gasteiger charge is 2.38. The van der Waals surface area contributed by atoms with Crippen LogP contribution in [0, 0.1) is 23.7 Å². The molecule has 0 bridgehead atoms. The van der Waals surface area contributed by atoms with E-state index in [1.54, 1.807) is 12.4 Å². The van der Waals surface area contributed by atoms with E-state index >= 15 is 0 Å². The smallest absolute Gasteiger partial charge is 0.248 e. The predicted molar refractivity (Wildman–Crippen MR) is 164 cm³/mol. The topological polar surface area (TPSA) is 116 Å². The molecule has 6 rings (SSSR count). The molecule has 2 heterocycles. The zero-order chi connectivity index (χ0) is 32.3. The van der Waals surface area contributed by atoms with Crippen molar-refractivity contribution in [2.75, 3.05) is 0 Å². The summed E-state index contributed by atoms with van der Waals surface area (Å²) in [7, 11) is 0. The number of aromatic nitrogens is 4. The van der Waals surface area contributed by atoms with Crippen LogP contribution in [0.1, 0.15) is 74.3 Å². The van der Waals surface area contributed by atoms with E-state index in [-0.39, 0.29) is 76.3 Å². The molecule has 0 aliphatic heterocycles. The predicted octanol–water partition coefficient (Wildman–Crippen LogP) is 6.24. The summed E-state index contributed by atoms with van der Waals surface area (Å²) in [6, 6.07) is 11.8. The summed E-state index contributed by atoms with van der Waals surface area (Å²) in [5.41, 5.74) is 3.10.